The number of hydrogen-bond acceptors (Lipinski definition) is 4. The zero-order valence-corrected chi connectivity index (χ0v) is 12.6. The van der Waals surface area contributed by atoms with Gasteiger partial charge < -0.3 is 15.1 Å². The largest absolute Gasteiger partial charge is 0.480 e. The number of carboxylic acid groups (broad SMARTS) is 1. The average Bonchev–Trinajstić information content (AvgIpc) is 2.37. The highest BCUT2D eigenvalue weighted by atomic mass is 16.4. The van der Waals surface area contributed by atoms with E-state index in [2.05, 4.69) is 0 Å². The maximum absolute atomic E-state index is 12.2. The van der Waals surface area contributed by atoms with Gasteiger partial charge in [0.1, 0.15) is 0 Å². The molecule has 0 aliphatic carbocycles. The average molecular weight is 294 g/mol. The molecule has 116 valence electrons. The summed E-state index contributed by atoms with van der Waals surface area (Å²) in [6.45, 7) is 2.14. The van der Waals surface area contributed by atoms with Crippen LogP contribution in [0.4, 0.5) is 0 Å². The fourth-order valence-electron chi connectivity index (χ4n) is 2.03. The van der Waals surface area contributed by atoms with Crippen LogP contribution < -0.4 is 0 Å². The van der Waals surface area contributed by atoms with Crippen molar-refractivity contribution in [2.24, 2.45) is 0 Å². The Kier molecular flexibility index (Phi) is 6.33. The number of aliphatic hydroxyl groups excluding tert-OH is 1. The molecule has 0 aromatic heterocycles. The molecule has 0 saturated heterocycles. The highest BCUT2D eigenvalue weighted by Gasteiger charge is 2.17. The molecule has 0 bridgehead atoms. The van der Waals surface area contributed by atoms with Gasteiger partial charge in [-0.25, -0.2) is 0 Å². The molecule has 6 heteroatoms. The monoisotopic (exact) mass is 294 g/mol. The number of rotatable bonds is 7. The highest BCUT2D eigenvalue weighted by molar-refractivity contribution is 5.94. The van der Waals surface area contributed by atoms with Crippen LogP contribution in [0.25, 0.3) is 0 Å². The second-order valence-corrected chi connectivity index (χ2v) is 5.30. The number of carbonyl (C=O) groups is 2. The number of likely N-dealkylation sites (N-methyl/N-ethyl adjacent to an activating group) is 2. The molecule has 1 amide bonds. The number of benzene rings is 1. The molecule has 1 atom stereocenters. The van der Waals surface area contributed by atoms with Gasteiger partial charge in [-0.05, 0) is 26.1 Å². The molecular weight excluding hydrogens is 272 g/mol. The van der Waals surface area contributed by atoms with Crippen molar-refractivity contribution in [2.75, 3.05) is 33.7 Å². The Morgan fingerprint density at radius 3 is 2.24 bits per heavy atom. The van der Waals surface area contributed by atoms with Gasteiger partial charge in [0.15, 0.2) is 0 Å². The van der Waals surface area contributed by atoms with Gasteiger partial charge in [-0.15, -0.1) is 0 Å². The van der Waals surface area contributed by atoms with Crippen LogP contribution in [0.3, 0.4) is 0 Å². The molecule has 0 spiro atoms. The molecule has 1 unspecified atom stereocenters. The maximum atomic E-state index is 12.2. The van der Waals surface area contributed by atoms with Crippen LogP contribution in [0.15, 0.2) is 24.3 Å². The van der Waals surface area contributed by atoms with Crippen LogP contribution in [0.5, 0.6) is 0 Å². The Bertz CT molecular complexity index is 487. The van der Waals surface area contributed by atoms with Gasteiger partial charge >= 0.3 is 5.97 Å². The topological polar surface area (TPSA) is 81.1 Å². The third kappa shape index (κ3) is 5.93. The van der Waals surface area contributed by atoms with E-state index in [0.717, 1.165) is 5.56 Å². The normalized spacial score (nSPS) is 12.2. The first kappa shape index (κ1) is 17.1. The fourth-order valence-corrected chi connectivity index (χ4v) is 2.03. The van der Waals surface area contributed by atoms with Crippen molar-refractivity contribution in [2.45, 2.75) is 13.0 Å². The van der Waals surface area contributed by atoms with Crippen molar-refractivity contribution in [3.8, 4) is 0 Å². The van der Waals surface area contributed by atoms with Crippen LogP contribution in [0, 0.1) is 6.92 Å². The molecule has 1 aromatic rings. The van der Waals surface area contributed by atoms with Gasteiger partial charge in [-0.1, -0.05) is 17.7 Å². The van der Waals surface area contributed by atoms with Gasteiger partial charge in [-0.2, -0.15) is 0 Å². The molecule has 0 heterocycles. The van der Waals surface area contributed by atoms with E-state index in [4.69, 9.17) is 5.11 Å². The lowest BCUT2D eigenvalue weighted by Gasteiger charge is -2.24. The van der Waals surface area contributed by atoms with Gasteiger partial charge in [0.2, 0.25) is 0 Å². The maximum Gasteiger partial charge on any atom is 0.317 e. The van der Waals surface area contributed by atoms with Crippen molar-refractivity contribution in [1.29, 1.82) is 0 Å². The third-order valence-electron chi connectivity index (χ3n) is 3.06. The number of aliphatic carboxylic acids is 1. The highest BCUT2D eigenvalue weighted by Crippen LogP contribution is 2.06. The summed E-state index contributed by atoms with van der Waals surface area (Å²) in [6.07, 6.45) is -0.797. The van der Waals surface area contributed by atoms with Crippen molar-refractivity contribution >= 4 is 11.9 Å². The first-order valence-corrected chi connectivity index (χ1v) is 6.70. The van der Waals surface area contributed by atoms with E-state index in [1.165, 1.54) is 9.80 Å². The number of aliphatic hydroxyl groups is 1. The predicted molar refractivity (Wildman–Crippen MR) is 79.3 cm³/mol. The molecule has 0 saturated carbocycles. The first-order valence-electron chi connectivity index (χ1n) is 6.70. The van der Waals surface area contributed by atoms with Crippen LogP contribution in [-0.2, 0) is 4.79 Å². The van der Waals surface area contributed by atoms with E-state index in [9.17, 15) is 14.7 Å². The summed E-state index contributed by atoms with van der Waals surface area (Å²) in [5, 5.41) is 18.6. The van der Waals surface area contributed by atoms with Crippen molar-refractivity contribution in [3.05, 3.63) is 35.4 Å². The Hall–Kier alpha value is -1.92. The Labute approximate surface area is 124 Å². The third-order valence-corrected chi connectivity index (χ3v) is 3.06. The lowest BCUT2D eigenvalue weighted by Crippen LogP contribution is -2.41. The summed E-state index contributed by atoms with van der Waals surface area (Å²) >= 11 is 0. The molecule has 0 fully saturated rings. The molecule has 0 aliphatic heterocycles. The van der Waals surface area contributed by atoms with Gasteiger partial charge in [-0.3, -0.25) is 14.5 Å². The minimum absolute atomic E-state index is 0.146. The van der Waals surface area contributed by atoms with E-state index in [-0.39, 0.29) is 25.5 Å². The predicted octanol–water partition coefficient (Wildman–Crippen LogP) is 0.444. The number of carbonyl (C=O) groups excluding carboxylic acids is 1. The molecular formula is C15H22N2O4. The van der Waals surface area contributed by atoms with Gasteiger partial charge in [0.25, 0.3) is 5.91 Å². The van der Waals surface area contributed by atoms with Crippen LogP contribution in [0.1, 0.15) is 15.9 Å². The molecule has 21 heavy (non-hydrogen) atoms. The van der Waals surface area contributed by atoms with E-state index < -0.39 is 12.1 Å². The fraction of sp³-hybridized carbons (Fsp3) is 0.467. The molecule has 1 rings (SSSR count). The van der Waals surface area contributed by atoms with Crippen LogP contribution in [0.2, 0.25) is 0 Å². The van der Waals surface area contributed by atoms with Crippen molar-refractivity contribution in [1.82, 2.24) is 9.80 Å². The summed E-state index contributed by atoms with van der Waals surface area (Å²) in [4.78, 5) is 25.6. The number of nitrogens with zero attached hydrogens (tertiary/aromatic N) is 2. The SMILES string of the molecule is Cc1ccc(C(=O)N(C)CC(O)CN(C)CC(=O)O)cc1. The Morgan fingerprint density at radius 1 is 1.14 bits per heavy atom. The zero-order valence-electron chi connectivity index (χ0n) is 12.6. The van der Waals surface area contributed by atoms with Crippen molar-refractivity contribution in [3.63, 3.8) is 0 Å². The molecule has 0 radical (unpaired) electrons. The van der Waals surface area contributed by atoms with E-state index in [1.54, 1.807) is 26.2 Å². The Morgan fingerprint density at radius 2 is 1.71 bits per heavy atom. The smallest absolute Gasteiger partial charge is 0.317 e. The van der Waals surface area contributed by atoms with E-state index >= 15 is 0 Å². The lowest BCUT2D eigenvalue weighted by atomic mass is 10.1. The van der Waals surface area contributed by atoms with Crippen molar-refractivity contribution < 1.29 is 19.8 Å². The molecule has 1 aromatic carbocycles. The van der Waals surface area contributed by atoms with Gasteiger partial charge in [0, 0.05) is 25.7 Å². The Balaban J connectivity index is 2.51. The second-order valence-electron chi connectivity index (χ2n) is 5.30. The minimum atomic E-state index is -0.950. The zero-order chi connectivity index (χ0) is 16.0. The molecule has 6 nitrogen and oxygen atoms in total. The lowest BCUT2D eigenvalue weighted by molar-refractivity contribution is -0.138. The second kappa shape index (κ2) is 7.75. The quantitative estimate of drug-likeness (QED) is 0.763. The summed E-state index contributed by atoms with van der Waals surface area (Å²) in [7, 11) is 3.22. The number of hydrogen-bond donors (Lipinski definition) is 2. The minimum Gasteiger partial charge on any atom is -0.480 e. The first-order chi connectivity index (χ1) is 9.79. The summed E-state index contributed by atoms with van der Waals surface area (Å²) in [5.41, 5.74) is 1.64. The standard InChI is InChI=1S/C15H22N2O4/c1-11-4-6-12(7-5-11)15(21)17(3)9-13(18)8-16(2)10-14(19)20/h4-7,13,18H,8-10H2,1-3H3,(H,19,20). The van der Waals surface area contributed by atoms with Crippen LogP contribution in [-0.4, -0.2) is 71.7 Å². The summed E-state index contributed by atoms with van der Waals surface area (Å²) < 4.78 is 0. The van der Waals surface area contributed by atoms with Gasteiger partial charge in [0.05, 0.1) is 12.6 Å². The number of carboxylic acids is 1. The number of amides is 1. The molecule has 2 N–H and O–H groups in total. The number of aryl methyl sites for hydroxylation is 1. The molecule has 0 aliphatic rings. The van der Waals surface area contributed by atoms with E-state index in [0.29, 0.717) is 5.56 Å². The van der Waals surface area contributed by atoms with Crippen LogP contribution >= 0.6 is 0 Å². The summed E-state index contributed by atoms with van der Waals surface area (Å²) in [6, 6.07) is 7.21. The van der Waals surface area contributed by atoms with E-state index in [1.807, 2.05) is 19.1 Å². The summed E-state index contributed by atoms with van der Waals surface area (Å²) in [5.74, 6) is -1.12.